The summed E-state index contributed by atoms with van der Waals surface area (Å²) in [5.74, 6) is -0.405. The van der Waals surface area contributed by atoms with Gasteiger partial charge in [0.2, 0.25) is 5.91 Å². The lowest BCUT2D eigenvalue weighted by Gasteiger charge is -2.11. The Morgan fingerprint density at radius 3 is 2.72 bits per heavy atom. The number of amides is 1. The zero-order valence-electron chi connectivity index (χ0n) is 9.62. The van der Waals surface area contributed by atoms with Crippen LogP contribution in [0.2, 0.25) is 0 Å². The third-order valence-corrected chi connectivity index (χ3v) is 1.92. The van der Waals surface area contributed by atoms with E-state index in [1.807, 2.05) is 0 Å². The maximum absolute atomic E-state index is 11.9. The third kappa shape index (κ3) is 5.05. The number of benzene rings is 1. The highest BCUT2D eigenvalue weighted by Crippen LogP contribution is 2.21. The predicted octanol–water partition coefficient (Wildman–Crippen LogP) is 1.91. The van der Waals surface area contributed by atoms with Crippen molar-refractivity contribution in [2.24, 2.45) is 5.73 Å². The molecule has 3 N–H and O–H groups in total. The number of nitrogens with two attached hydrogens (primary N) is 1. The van der Waals surface area contributed by atoms with Gasteiger partial charge in [0.1, 0.15) is 5.75 Å². The number of halogens is 3. The molecule has 0 unspecified atom stereocenters. The highest BCUT2D eigenvalue weighted by Gasteiger charge is 2.28. The molecule has 0 bridgehead atoms. The van der Waals surface area contributed by atoms with Gasteiger partial charge in [0.25, 0.3) is 0 Å². The molecule has 0 aliphatic rings. The molecule has 0 aliphatic carbocycles. The van der Waals surface area contributed by atoms with Gasteiger partial charge < -0.3 is 15.8 Å². The average molecular weight is 262 g/mol. The first-order valence-corrected chi connectivity index (χ1v) is 5.14. The van der Waals surface area contributed by atoms with Gasteiger partial charge in [-0.2, -0.15) is 13.2 Å². The number of nitrogens with one attached hydrogen (secondary N) is 1. The smallest absolute Gasteiger partial charge is 0.422 e. The fourth-order valence-electron chi connectivity index (χ4n) is 1.08. The lowest BCUT2D eigenvalue weighted by molar-refractivity contribution is -0.153. The van der Waals surface area contributed by atoms with E-state index in [2.05, 4.69) is 10.1 Å². The lowest BCUT2D eigenvalue weighted by atomic mass is 10.2. The number of carbonyl (C=O) groups is 1. The Hall–Kier alpha value is -1.76. The molecule has 1 amide bonds. The molecule has 0 saturated carbocycles. The van der Waals surface area contributed by atoms with Crippen LogP contribution in [0.15, 0.2) is 24.3 Å². The number of carbonyl (C=O) groups excluding carboxylic acids is 1. The van der Waals surface area contributed by atoms with Gasteiger partial charge in [0.15, 0.2) is 6.61 Å². The van der Waals surface area contributed by atoms with E-state index in [0.717, 1.165) is 0 Å². The van der Waals surface area contributed by atoms with Crippen LogP contribution >= 0.6 is 0 Å². The Bertz CT molecular complexity index is 419. The predicted molar refractivity (Wildman–Crippen MR) is 60.3 cm³/mol. The minimum Gasteiger partial charge on any atom is -0.484 e. The number of hydrogen-bond donors (Lipinski definition) is 2. The Balaban J connectivity index is 2.65. The van der Waals surface area contributed by atoms with E-state index in [4.69, 9.17) is 5.73 Å². The van der Waals surface area contributed by atoms with Crippen LogP contribution in [0.4, 0.5) is 18.9 Å². The Morgan fingerprint density at radius 1 is 1.50 bits per heavy atom. The molecule has 7 heteroatoms. The quantitative estimate of drug-likeness (QED) is 0.871. The normalized spacial score (nSPS) is 12.9. The summed E-state index contributed by atoms with van der Waals surface area (Å²) in [5, 5.41) is 2.45. The molecule has 0 radical (unpaired) electrons. The number of hydrogen-bond acceptors (Lipinski definition) is 3. The first-order chi connectivity index (χ1) is 8.28. The summed E-state index contributed by atoms with van der Waals surface area (Å²) in [5.41, 5.74) is 5.68. The second-order valence-electron chi connectivity index (χ2n) is 3.71. The SMILES string of the molecule is C[C@@H](N)C(=O)Nc1cccc(OCC(F)(F)F)c1. The van der Waals surface area contributed by atoms with Crippen molar-refractivity contribution >= 4 is 11.6 Å². The fraction of sp³-hybridized carbons (Fsp3) is 0.364. The molecule has 0 fully saturated rings. The minimum absolute atomic E-state index is 0.0230. The van der Waals surface area contributed by atoms with Crippen LogP contribution in [0.1, 0.15) is 6.92 Å². The van der Waals surface area contributed by atoms with E-state index < -0.39 is 24.7 Å². The van der Waals surface area contributed by atoms with Crippen LogP contribution in [-0.2, 0) is 4.79 Å². The summed E-state index contributed by atoms with van der Waals surface area (Å²) in [4.78, 5) is 11.3. The topological polar surface area (TPSA) is 64.4 Å². The van der Waals surface area contributed by atoms with Gasteiger partial charge >= 0.3 is 6.18 Å². The van der Waals surface area contributed by atoms with E-state index in [1.54, 1.807) is 0 Å². The Morgan fingerprint density at radius 2 is 2.17 bits per heavy atom. The largest absolute Gasteiger partial charge is 0.484 e. The van der Waals surface area contributed by atoms with Crippen molar-refractivity contribution < 1.29 is 22.7 Å². The summed E-state index contributed by atoms with van der Waals surface area (Å²) in [7, 11) is 0. The van der Waals surface area contributed by atoms with E-state index >= 15 is 0 Å². The summed E-state index contributed by atoms with van der Waals surface area (Å²) in [6.07, 6.45) is -4.40. The highest BCUT2D eigenvalue weighted by atomic mass is 19.4. The fourth-order valence-corrected chi connectivity index (χ4v) is 1.08. The van der Waals surface area contributed by atoms with Crippen LogP contribution < -0.4 is 15.8 Å². The molecule has 1 atom stereocenters. The van der Waals surface area contributed by atoms with Gasteiger partial charge in [-0.25, -0.2) is 0 Å². The molecule has 18 heavy (non-hydrogen) atoms. The van der Waals surface area contributed by atoms with Crippen LogP contribution in [0.3, 0.4) is 0 Å². The van der Waals surface area contributed by atoms with Crippen LogP contribution in [-0.4, -0.2) is 24.7 Å². The zero-order chi connectivity index (χ0) is 13.8. The third-order valence-electron chi connectivity index (χ3n) is 1.92. The summed E-state index contributed by atoms with van der Waals surface area (Å²) in [6.45, 7) is 0.122. The number of alkyl halides is 3. The minimum atomic E-state index is -4.40. The average Bonchev–Trinajstić information content (AvgIpc) is 2.26. The molecule has 4 nitrogen and oxygen atoms in total. The van der Waals surface area contributed by atoms with Crippen LogP contribution in [0.5, 0.6) is 5.75 Å². The molecule has 0 heterocycles. The molecular formula is C11H13F3N2O2. The molecule has 0 aliphatic heterocycles. The van der Waals surface area contributed by atoms with Crippen molar-refractivity contribution in [3.8, 4) is 5.75 Å². The number of rotatable bonds is 4. The number of anilines is 1. The van der Waals surface area contributed by atoms with Gasteiger partial charge in [0, 0.05) is 11.8 Å². The first-order valence-electron chi connectivity index (χ1n) is 5.14. The monoisotopic (exact) mass is 262 g/mol. The van der Waals surface area contributed by atoms with Crippen molar-refractivity contribution in [1.29, 1.82) is 0 Å². The molecule has 1 aromatic carbocycles. The molecule has 0 spiro atoms. The van der Waals surface area contributed by atoms with Crippen molar-refractivity contribution in [2.75, 3.05) is 11.9 Å². The number of ether oxygens (including phenoxy) is 1. The van der Waals surface area contributed by atoms with Gasteiger partial charge in [-0.05, 0) is 19.1 Å². The van der Waals surface area contributed by atoms with E-state index in [-0.39, 0.29) is 5.75 Å². The van der Waals surface area contributed by atoms with Gasteiger partial charge in [-0.3, -0.25) is 4.79 Å². The summed E-state index contributed by atoms with van der Waals surface area (Å²) in [6, 6.07) is 4.97. The molecule has 100 valence electrons. The second kappa shape index (κ2) is 5.72. The van der Waals surface area contributed by atoms with Crippen LogP contribution in [0, 0.1) is 0 Å². The summed E-state index contributed by atoms with van der Waals surface area (Å²) >= 11 is 0. The van der Waals surface area contributed by atoms with E-state index in [0.29, 0.717) is 5.69 Å². The molecule has 0 saturated heterocycles. The molecule has 0 aromatic heterocycles. The summed E-state index contributed by atoms with van der Waals surface area (Å²) < 4.78 is 40.4. The zero-order valence-corrected chi connectivity index (χ0v) is 9.62. The maximum atomic E-state index is 11.9. The van der Waals surface area contributed by atoms with Crippen LogP contribution in [0.25, 0.3) is 0 Å². The molecular weight excluding hydrogens is 249 g/mol. The van der Waals surface area contributed by atoms with Gasteiger partial charge in [-0.1, -0.05) is 6.07 Å². The van der Waals surface area contributed by atoms with Crippen molar-refractivity contribution in [2.45, 2.75) is 19.1 Å². The van der Waals surface area contributed by atoms with Crippen molar-refractivity contribution in [3.05, 3.63) is 24.3 Å². The first kappa shape index (κ1) is 14.3. The van der Waals surface area contributed by atoms with Gasteiger partial charge in [0.05, 0.1) is 6.04 Å². The van der Waals surface area contributed by atoms with E-state index in [9.17, 15) is 18.0 Å². The second-order valence-corrected chi connectivity index (χ2v) is 3.71. The molecule has 1 rings (SSSR count). The lowest BCUT2D eigenvalue weighted by Crippen LogP contribution is -2.32. The van der Waals surface area contributed by atoms with E-state index in [1.165, 1.54) is 31.2 Å². The molecule has 1 aromatic rings. The highest BCUT2D eigenvalue weighted by molar-refractivity contribution is 5.94. The van der Waals surface area contributed by atoms with Crippen molar-refractivity contribution in [3.63, 3.8) is 0 Å². The van der Waals surface area contributed by atoms with Gasteiger partial charge in [-0.15, -0.1) is 0 Å². The Kier molecular flexibility index (Phi) is 4.55. The Labute approximate surface area is 102 Å². The van der Waals surface area contributed by atoms with Crippen molar-refractivity contribution in [1.82, 2.24) is 0 Å². The standard InChI is InChI=1S/C11H13F3N2O2/c1-7(15)10(17)16-8-3-2-4-9(5-8)18-6-11(12,13)14/h2-5,7H,6,15H2,1H3,(H,16,17)/t7-/m1/s1. The maximum Gasteiger partial charge on any atom is 0.422 e.